The van der Waals surface area contributed by atoms with Crippen LogP contribution >= 0.6 is 11.3 Å². The topological polar surface area (TPSA) is 56.7 Å². The molecule has 0 spiro atoms. The molecule has 0 amide bonds. The Bertz CT molecular complexity index is 356. The fourth-order valence-corrected chi connectivity index (χ4v) is 2.71. The van der Waals surface area contributed by atoms with E-state index in [4.69, 9.17) is 5.11 Å². The van der Waals surface area contributed by atoms with E-state index < -0.39 is 5.97 Å². The standard InChI is InChI=1S/C11H17N3O2S/c15-11(16)8-14-3-1-2-13(4-5-14)7-10-6-12-9-17-10/h6,9H,1-5,7-8H2,(H,15,16). The molecular weight excluding hydrogens is 238 g/mol. The second-order valence-electron chi connectivity index (χ2n) is 4.27. The molecule has 1 N–H and O–H groups in total. The van der Waals surface area contributed by atoms with E-state index >= 15 is 0 Å². The fraction of sp³-hybridized carbons (Fsp3) is 0.636. The van der Waals surface area contributed by atoms with Crippen LogP contribution in [0.5, 0.6) is 0 Å². The molecule has 1 saturated heterocycles. The van der Waals surface area contributed by atoms with Crippen LogP contribution in [0.25, 0.3) is 0 Å². The minimum atomic E-state index is -0.735. The maximum absolute atomic E-state index is 10.7. The molecule has 0 aromatic carbocycles. The van der Waals surface area contributed by atoms with Gasteiger partial charge in [-0.25, -0.2) is 0 Å². The van der Waals surface area contributed by atoms with Gasteiger partial charge in [0.15, 0.2) is 0 Å². The minimum absolute atomic E-state index is 0.161. The number of nitrogens with zero attached hydrogens (tertiary/aromatic N) is 3. The molecule has 0 radical (unpaired) electrons. The number of aromatic nitrogens is 1. The number of aliphatic carboxylic acids is 1. The van der Waals surface area contributed by atoms with Crippen molar-refractivity contribution in [3.05, 3.63) is 16.6 Å². The third-order valence-corrected chi connectivity index (χ3v) is 3.67. The van der Waals surface area contributed by atoms with Crippen LogP contribution in [0.3, 0.4) is 0 Å². The largest absolute Gasteiger partial charge is 0.480 e. The van der Waals surface area contributed by atoms with E-state index in [1.54, 1.807) is 11.3 Å². The quantitative estimate of drug-likeness (QED) is 0.860. The highest BCUT2D eigenvalue weighted by Crippen LogP contribution is 2.11. The van der Waals surface area contributed by atoms with Crippen LogP contribution in [0, 0.1) is 0 Å². The number of carboxylic acids is 1. The Morgan fingerprint density at radius 2 is 2.12 bits per heavy atom. The number of carbonyl (C=O) groups is 1. The summed E-state index contributed by atoms with van der Waals surface area (Å²) in [5.41, 5.74) is 1.85. The molecule has 1 fully saturated rings. The van der Waals surface area contributed by atoms with Gasteiger partial charge in [0.1, 0.15) is 0 Å². The van der Waals surface area contributed by atoms with Gasteiger partial charge < -0.3 is 5.11 Å². The van der Waals surface area contributed by atoms with Crippen LogP contribution in [0.2, 0.25) is 0 Å². The van der Waals surface area contributed by atoms with Gasteiger partial charge in [-0.1, -0.05) is 0 Å². The Labute approximate surface area is 105 Å². The summed E-state index contributed by atoms with van der Waals surface area (Å²) in [5, 5.41) is 8.77. The first-order chi connectivity index (χ1) is 8.24. The maximum atomic E-state index is 10.7. The van der Waals surface area contributed by atoms with E-state index in [0.717, 1.165) is 39.1 Å². The lowest BCUT2D eigenvalue weighted by Crippen LogP contribution is -2.33. The molecule has 0 aliphatic carbocycles. The minimum Gasteiger partial charge on any atom is -0.480 e. The first kappa shape index (κ1) is 12.5. The van der Waals surface area contributed by atoms with E-state index in [2.05, 4.69) is 9.88 Å². The van der Waals surface area contributed by atoms with Gasteiger partial charge in [0.25, 0.3) is 0 Å². The van der Waals surface area contributed by atoms with Gasteiger partial charge >= 0.3 is 5.97 Å². The van der Waals surface area contributed by atoms with Crippen LogP contribution in [-0.2, 0) is 11.3 Å². The number of hydrogen-bond donors (Lipinski definition) is 1. The summed E-state index contributed by atoms with van der Waals surface area (Å²) in [6.45, 7) is 4.79. The van der Waals surface area contributed by atoms with Crippen molar-refractivity contribution in [3.8, 4) is 0 Å². The summed E-state index contributed by atoms with van der Waals surface area (Å²) in [6, 6.07) is 0. The Hall–Kier alpha value is -0.980. The van der Waals surface area contributed by atoms with Crippen LogP contribution in [0.15, 0.2) is 11.7 Å². The van der Waals surface area contributed by atoms with Crippen LogP contribution in [0.4, 0.5) is 0 Å². The SMILES string of the molecule is O=C(O)CN1CCCN(Cc2cncs2)CC1. The van der Waals surface area contributed by atoms with E-state index in [1.165, 1.54) is 4.88 Å². The Morgan fingerprint density at radius 1 is 1.35 bits per heavy atom. The zero-order chi connectivity index (χ0) is 12.1. The molecule has 0 bridgehead atoms. The smallest absolute Gasteiger partial charge is 0.317 e. The van der Waals surface area contributed by atoms with Crippen LogP contribution in [0.1, 0.15) is 11.3 Å². The number of hydrogen-bond acceptors (Lipinski definition) is 5. The molecule has 1 aliphatic rings. The molecule has 1 aliphatic heterocycles. The predicted octanol–water partition coefficient (Wildman–Crippen LogP) is 0.735. The molecule has 94 valence electrons. The third-order valence-electron chi connectivity index (χ3n) is 2.90. The summed E-state index contributed by atoms with van der Waals surface area (Å²) >= 11 is 1.67. The lowest BCUT2D eigenvalue weighted by atomic mass is 10.3. The van der Waals surface area contributed by atoms with Crippen molar-refractivity contribution in [1.82, 2.24) is 14.8 Å². The predicted molar refractivity (Wildman–Crippen MR) is 66.1 cm³/mol. The highest BCUT2D eigenvalue weighted by atomic mass is 32.1. The molecule has 2 heterocycles. The first-order valence-electron chi connectivity index (χ1n) is 5.78. The average molecular weight is 255 g/mol. The van der Waals surface area contributed by atoms with Crippen LogP contribution in [-0.4, -0.2) is 58.6 Å². The van der Waals surface area contributed by atoms with E-state index in [-0.39, 0.29) is 6.54 Å². The molecule has 1 aromatic rings. The van der Waals surface area contributed by atoms with Crippen molar-refractivity contribution in [2.24, 2.45) is 0 Å². The van der Waals surface area contributed by atoms with Gasteiger partial charge in [0, 0.05) is 37.3 Å². The van der Waals surface area contributed by atoms with Crippen molar-refractivity contribution in [2.45, 2.75) is 13.0 Å². The Balaban J connectivity index is 1.81. The van der Waals surface area contributed by atoms with Gasteiger partial charge in [0.05, 0.1) is 12.1 Å². The first-order valence-corrected chi connectivity index (χ1v) is 6.66. The highest BCUT2D eigenvalue weighted by Gasteiger charge is 2.16. The molecule has 0 atom stereocenters. The summed E-state index contributed by atoms with van der Waals surface area (Å²) in [5.74, 6) is -0.735. The normalized spacial score (nSPS) is 19.1. The van der Waals surface area contributed by atoms with E-state index in [9.17, 15) is 4.79 Å². The van der Waals surface area contributed by atoms with Crippen molar-refractivity contribution >= 4 is 17.3 Å². The van der Waals surface area contributed by atoms with Crippen molar-refractivity contribution < 1.29 is 9.90 Å². The highest BCUT2D eigenvalue weighted by molar-refractivity contribution is 7.09. The van der Waals surface area contributed by atoms with Gasteiger partial charge in [-0.05, 0) is 13.0 Å². The zero-order valence-electron chi connectivity index (χ0n) is 9.71. The monoisotopic (exact) mass is 255 g/mol. The Morgan fingerprint density at radius 3 is 2.82 bits per heavy atom. The summed E-state index contributed by atoms with van der Waals surface area (Å²) in [4.78, 5) is 20.4. The second-order valence-corrected chi connectivity index (χ2v) is 5.24. The lowest BCUT2D eigenvalue weighted by Gasteiger charge is -2.19. The van der Waals surface area contributed by atoms with Gasteiger partial charge in [-0.2, -0.15) is 0 Å². The number of rotatable bonds is 4. The van der Waals surface area contributed by atoms with Gasteiger partial charge in [0.2, 0.25) is 0 Å². The molecule has 0 saturated carbocycles. The number of thiazole rings is 1. The molecule has 0 unspecified atom stereocenters. The fourth-order valence-electron chi connectivity index (χ4n) is 2.07. The summed E-state index contributed by atoms with van der Waals surface area (Å²) < 4.78 is 0. The Kier molecular flexibility index (Phi) is 4.47. The molecule has 5 nitrogen and oxygen atoms in total. The molecular formula is C11H17N3O2S. The van der Waals surface area contributed by atoms with Gasteiger partial charge in [-0.3, -0.25) is 19.6 Å². The molecule has 2 rings (SSSR count). The lowest BCUT2D eigenvalue weighted by molar-refractivity contribution is -0.138. The maximum Gasteiger partial charge on any atom is 0.317 e. The average Bonchev–Trinajstić information content (AvgIpc) is 2.68. The van der Waals surface area contributed by atoms with Gasteiger partial charge in [-0.15, -0.1) is 11.3 Å². The second kappa shape index (κ2) is 6.09. The zero-order valence-corrected chi connectivity index (χ0v) is 10.5. The van der Waals surface area contributed by atoms with Crippen molar-refractivity contribution in [1.29, 1.82) is 0 Å². The summed E-state index contributed by atoms with van der Waals surface area (Å²) in [7, 11) is 0. The summed E-state index contributed by atoms with van der Waals surface area (Å²) in [6.07, 6.45) is 2.94. The molecule has 6 heteroatoms. The van der Waals surface area contributed by atoms with E-state index in [0.29, 0.717) is 0 Å². The van der Waals surface area contributed by atoms with Crippen molar-refractivity contribution in [3.63, 3.8) is 0 Å². The van der Waals surface area contributed by atoms with Crippen LogP contribution < -0.4 is 0 Å². The van der Waals surface area contributed by atoms with Crippen molar-refractivity contribution in [2.75, 3.05) is 32.7 Å². The third kappa shape index (κ3) is 4.07. The molecule has 17 heavy (non-hydrogen) atoms. The molecule has 1 aromatic heterocycles. The van der Waals surface area contributed by atoms with E-state index in [1.807, 2.05) is 16.6 Å². The number of carboxylic acid groups (broad SMARTS) is 1.